The molecule has 52 valence electrons. The summed E-state index contributed by atoms with van der Waals surface area (Å²) in [4.78, 5) is 0. The molecule has 0 N–H and O–H groups in total. The zero-order valence-corrected chi connectivity index (χ0v) is 6.07. The summed E-state index contributed by atoms with van der Waals surface area (Å²) in [5.41, 5.74) is 0. The summed E-state index contributed by atoms with van der Waals surface area (Å²) in [6.07, 6.45) is 8.72. The van der Waals surface area contributed by atoms with E-state index in [0.717, 1.165) is 6.42 Å². The summed E-state index contributed by atoms with van der Waals surface area (Å²) >= 11 is 0. The largest absolute Gasteiger partial charge is 0.202 e. The average molecular weight is 135 g/mol. The van der Waals surface area contributed by atoms with Gasteiger partial charge in [-0.05, 0) is 23.7 Å². The van der Waals surface area contributed by atoms with Crippen molar-refractivity contribution in [3.63, 3.8) is 0 Å². The van der Waals surface area contributed by atoms with E-state index in [1.807, 2.05) is 24.5 Å². The third kappa shape index (κ3) is 1.97. The molecular weight excluding hydrogens is 124 g/mol. The number of allylic oxidation sites excluding steroid dienone is 1. The lowest BCUT2D eigenvalue weighted by molar-refractivity contribution is -0.634. The van der Waals surface area contributed by atoms with Crippen molar-refractivity contribution in [2.75, 3.05) is 0 Å². The van der Waals surface area contributed by atoms with Gasteiger partial charge in [0.25, 0.3) is 0 Å². The molecule has 10 heavy (non-hydrogen) atoms. The van der Waals surface area contributed by atoms with Crippen LogP contribution in [0.3, 0.4) is 0 Å². The lowest BCUT2D eigenvalue weighted by atomic mass is 10.5. The van der Waals surface area contributed by atoms with Gasteiger partial charge < -0.3 is 0 Å². The molecule has 0 radical (unpaired) electrons. The molecule has 0 amide bonds. The second-order valence-electron chi connectivity index (χ2n) is 1.97. The number of nitrogens with zero attached hydrogens (tertiary/aromatic N) is 2. The third-order valence-corrected chi connectivity index (χ3v) is 1.13. The quantitative estimate of drug-likeness (QED) is 0.558. The normalized spacial score (nSPS) is 10.5. The third-order valence-electron chi connectivity index (χ3n) is 1.13. The Bertz CT molecular complexity index is 204. The van der Waals surface area contributed by atoms with Crippen LogP contribution < -0.4 is 4.68 Å². The SMILES string of the molecule is CCC=C[n+]1ccccn1. The fraction of sp³-hybridized carbons (Fsp3) is 0.250. The van der Waals surface area contributed by atoms with Crippen molar-refractivity contribution in [3.8, 4) is 0 Å². The van der Waals surface area contributed by atoms with E-state index < -0.39 is 0 Å². The van der Waals surface area contributed by atoms with Gasteiger partial charge in [0, 0.05) is 6.07 Å². The first kappa shape index (κ1) is 6.93. The van der Waals surface area contributed by atoms with Crippen LogP contribution >= 0.6 is 0 Å². The molecule has 0 atom stereocenters. The average Bonchev–Trinajstić information content (AvgIpc) is 2.03. The van der Waals surface area contributed by atoms with Gasteiger partial charge in [-0.3, -0.25) is 0 Å². The maximum atomic E-state index is 4.05. The smallest absolute Gasteiger partial charge is 0.0616 e. The zero-order valence-electron chi connectivity index (χ0n) is 6.07. The lowest BCUT2D eigenvalue weighted by Gasteiger charge is -1.79. The molecule has 0 saturated heterocycles. The fourth-order valence-electron chi connectivity index (χ4n) is 0.643. The Balaban J connectivity index is 2.67. The summed E-state index contributed by atoms with van der Waals surface area (Å²) in [5, 5.41) is 4.05. The van der Waals surface area contributed by atoms with E-state index in [2.05, 4.69) is 18.1 Å². The highest BCUT2D eigenvalue weighted by molar-refractivity contribution is 5.03. The van der Waals surface area contributed by atoms with Gasteiger partial charge in [-0.2, -0.15) is 0 Å². The highest BCUT2D eigenvalue weighted by Crippen LogP contribution is 1.77. The van der Waals surface area contributed by atoms with E-state index in [4.69, 9.17) is 0 Å². The summed E-state index contributed by atoms with van der Waals surface area (Å²) < 4.78 is 1.78. The second kappa shape index (κ2) is 3.77. The van der Waals surface area contributed by atoms with Gasteiger partial charge in [0.15, 0.2) is 6.20 Å². The summed E-state index contributed by atoms with van der Waals surface area (Å²) in [6.45, 7) is 2.10. The Morgan fingerprint density at radius 3 is 3.00 bits per heavy atom. The summed E-state index contributed by atoms with van der Waals surface area (Å²) in [5.74, 6) is 0. The molecule has 0 aliphatic heterocycles. The number of hydrogen-bond acceptors (Lipinski definition) is 1. The van der Waals surface area contributed by atoms with Crippen LogP contribution in [0.2, 0.25) is 0 Å². The molecule has 0 spiro atoms. The maximum absolute atomic E-state index is 4.05. The van der Waals surface area contributed by atoms with Gasteiger partial charge in [-0.1, -0.05) is 11.6 Å². The van der Waals surface area contributed by atoms with Crippen molar-refractivity contribution in [1.82, 2.24) is 5.10 Å². The van der Waals surface area contributed by atoms with E-state index in [1.165, 1.54) is 0 Å². The van der Waals surface area contributed by atoms with Crippen molar-refractivity contribution < 1.29 is 4.68 Å². The van der Waals surface area contributed by atoms with Gasteiger partial charge in [0.1, 0.15) is 0 Å². The van der Waals surface area contributed by atoms with E-state index >= 15 is 0 Å². The van der Waals surface area contributed by atoms with Crippen molar-refractivity contribution in [2.45, 2.75) is 13.3 Å². The molecular formula is C8H11N2+. The standard InChI is InChI=1S/C8H11N2/c1-2-3-7-10-8-5-4-6-9-10/h3-8H,2H2,1H3/q+1. The number of hydrogen-bond donors (Lipinski definition) is 0. The Morgan fingerprint density at radius 1 is 1.50 bits per heavy atom. The summed E-state index contributed by atoms with van der Waals surface area (Å²) in [6, 6.07) is 3.85. The predicted octanol–water partition coefficient (Wildman–Crippen LogP) is 1.25. The topological polar surface area (TPSA) is 16.8 Å². The minimum Gasteiger partial charge on any atom is -0.0616 e. The van der Waals surface area contributed by atoms with Crippen LogP contribution in [0.4, 0.5) is 0 Å². The minimum atomic E-state index is 1.05. The van der Waals surface area contributed by atoms with E-state index in [-0.39, 0.29) is 0 Å². The molecule has 2 nitrogen and oxygen atoms in total. The molecule has 0 bridgehead atoms. The molecule has 1 aromatic heterocycles. The molecule has 0 aliphatic rings. The van der Waals surface area contributed by atoms with Gasteiger partial charge in [-0.25, -0.2) is 0 Å². The van der Waals surface area contributed by atoms with Crippen molar-refractivity contribution in [3.05, 3.63) is 30.6 Å². The van der Waals surface area contributed by atoms with Crippen LogP contribution in [0.15, 0.2) is 30.6 Å². The Kier molecular flexibility index (Phi) is 2.62. The molecule has 1 heterocycles. The van der Waals surface area contributed by atoms with Gasteiger partial charge >= 0.3 is 0 Å². The molecule has 0 aliphatic carbocycles. The van der Waals surface area contributed by atoms with E-state index in [9.17, 15) is 0 Å². The van der Waals surface area contributed by atoms with Crippen LogP contribution in [0, 0.1) is 0 Å². The van der Waals surface area contributed by atoms with Crippen LogP contribution in [-0.4, -0.2) is 5.10 Å². The Hall–Kier alpha value is -1.18. The molecule has 1 rings (SSSR count). The van der Waals surface area contributed by atoms with Crippen LogP contribution in [-0.2, 0) is 0 Å². The van der Waals surface area contributed by atoms with Crippen LogP contribution in [0.25, 0.3) is 6.20 Å². The summed E-state index contributed by atoms with van der Waals surface area (Å²) in [7, 11) is 0. The monoisotopic (exact) mass is 135 g/mol. The minimum absolute atomic E-state index is 1.05. The van der Waals surface area contributed by atoms with Gasteiger partial charge in [0.05, 0.1) is 6.20 Å². The molecule has 1 aromatic rings. The van der Waals surface area contributed by atoms with Crippen LogP contribution in [0.1, 0.15) is 13.3 Å². The molecule has 0 saturated carbocycles. The Morgan fingerprint density at radius 2 is 2.40 bits per heavy atom. The van der Waals surface area contributed by atoms with Crippen LogP contribution in [0.5, 0.6) is 0 Å². The van der Waals surface area contributed by atoms with Crippen molar-refractivity contribution >= 4 is 6.20 Å². The highest BCUT2D eigenvalue weighted by atomic mass is 15.2. The van der Waals surface area contributed by atoms with Gasteiger partial charge in [-0.15, -0.1) is 0 Å². The first-order chi connectivity index (χ1) is 4.93. The predicted molar refractivity (Wildman–Crippen MR) is 40.1 cm³/mol. The van der Waals surface area contributed by atoms with E-state index in [0.29, 0.717) is 0 Å². The number of aromatic nitrogens is 2. The van der Waals surface area contributed by atoms with E-state index in [1.54, 1.807) is 10.9 Å². The van der Waals surface area contributed by atoms with Crippen molar-refractivity contribution in [2.24, 2.45) is 0 Å². The molecule has 0 aromatic carbocycles. The molecule has 2 heteroatoms. The fourth-order valence-corrected chi connectivity index (χ4v) is 0.643. The molecule has 0 fully saturated rings. The second-order valence-corrected chi connectivity index (χ2v) is 1.97. The Labute approximate surface area is 60.8 Å². The lowest BCUT2D eigenvalue weighted by Crippen LogP contribution is -2.29. The number of rotatable bonds is 2. The first-order valence-corrected chi connectivity index (χ1v) is 3.42. The first-order valence-electron chi connectivity index (χ1n) is 3.42. The molecule has 0 unspecified atom stereocenters. The van der Waals surface area contributed by atoms with Gasteiger partial charge in [0.2, 0.25) is 6.20 Å². The van der Waals surface area contributed by atoms with Crippen molar-refractivity contribution in [1.29, 1.82) is 0 Å². The zero-order chi connectivity index (χ0) is 7.23. The highest BCUT2D eigenvalue weighted by Gasteiger charge is 1.88. The maximum Gasteiger partial charge on any atom is 0.202 e.